The van der Waals surface area contributed by atoms with Crippen molar-refractivity contribution < 1.29 is 8.42 Å². The average Bonchev–Trinajstić information content (AvgIpc) is 3.07. The first-order valence-corrected chi connectivity index (χ1v) is 9.03. The van der Waals surface area contributed by atoms with E-state index in [0.29, 0.717) is 5.69 Å². The molecule has 2 aromatic rings. The molecular weight excluding hydrogens is 294 g/mol. The molecule has 2 N–H and O–H groups in total. The Hall–Kier alpha value is -1.47. The van der Waals surface area contributed by atoms with Crippen molar-refractivity contribution in [3.63, 3.8) is 0 Å². The lowest BCUT2D eigenvalue weighted by molar-refractivity contribution is 0.602. The van der Waals surface area contributed by atoms with Gasteiger partial charge in [0.05, 0.1) is 28.7 Å². The summed E-state index contributed by atoms with van der Waals surface area (Å²) < 4.78 is 26.2. The third-order valence-corrected chi connectivity index (χ3v) is 5.92. The molecule has 1 aliphatic heterocycles. The summed E-state index contributed by atoms with van der Waals surface area (Å²) in [4.78, 5) is 7.18. The number of hydrogen-bond donors (Lipinski definition) is 2. The van der Waals surface area contributed by atoms with Gasteiger partial charge in [-0.15, -0.1) is 11.8 Å². The average molecular weight is 309 g/mol. The van der Waals surface area contributed by atoms with Crippen LogP contribution in [0.5, 0.6) is 0 Å². The third-order valence-electron chi connectivity index (χ3n) is 3.34. The first-order valence-electron chi connectivity index (χ1n) is 6.33. The molecule has 3 rings (SSSR count). The molecule has 0 aliphatic carbocycles. The fraction of sp³-hybridized carbons (Fsp3) is 0.308. The van der Waals surface area contributed by atoms with Crippen molar-refractivity contribution in [1.29, 1.82) is 0 Å². The standard InChI is InChI=1S/C13H15N3O2S2/c1-2-20(17,18)16-11-5-3-4-9-10(11)7-19-13(9)12-6-14-8-15-12/h3-6,8,13,16H,2,7H2,1H3,(H,14,15). The summed E-state index contributed by atoms with van der Waals surface area (Å²) in [6.45, 7) is 1.63. The molecule has 0 fully saturated rings. The lowest BCUT2D eigenvalue weighted by Gasteiger charge is -2.12. The highest BCUT2D eigenvalue weighted by Crippen LogP contribution is 2.47. The summed E-state index contributed by atoms with van der Waals surface area (Å²) in [7, 11) is -3.24. The van der Waals surface area contributed by atoms with Gasteiger partial charge in [0.25, 0.3) is 0 Å². The topological polar surface area (TPSA) is 74.8 Å². The van der Waals surface area contributed by atoms with Crippen LogP contribution >= 0.6 is 11.8 Å². The van der Waals surface area contributed by atoms with Gasteiger partial charge in [0.15, 0.2) is 0 Å². The number of nitrogens with zero attached hydrogens (tertiary/aromatic N) is 1. The largest absolute Gasteiger partial charge is 0.347 e. The quantitative estimate of drug-likeness (QED) is 0.910. The maximum absolute atomic E-state index is 11.7. The van der Waals surface area contributed by atoms with E-state index in [4.69, 9.17) is 0 Å². The Morgan fingerprint density at radius 1 is 1.50 bits per heavy atom. The second kappa shape index (κ2) is 5.14. The SMILES string of the molecule is CCS(=O)(=O)Nc1cccc2c1CSC2c1cnc[nH]1. The highest BCUT2D eigenvalue weighted by Gasteiger charge is 2.28. The van der Waals surface area contributed by atoms with Gasteiger partial charge in [-0.1, -0.05) is 12.1 Å². The molecular formula is C13H15N3O2S2. The summed E-state index contributed by atoms with van der Waals surface area (Å²) in [5.74, 6) is 0.870. The minimum absolute atomic E-state index is 0.0772. The Morgan fingerprint density at radius 3 is 3.05 bits per heavy atom. The van der Waals surface area contributed by atoms with Gasteiger partial charge in [-0.25, -0.2) is 13.4 Å². The van der Waals surface area contributed by atoms with Crippen LogP contribution < -0.4 is 4.72 Å². The van der Waals surface area contributed by atoms with Crippen molar-refractivity contribution in [3.05, 3.63) is 47.5 Å². The maximum Gasteiger partial charge on any atom is 0.232 e. The summed E-state index contributed by atoms with van der Waals surface area (Å²) >= 11 is 1.77. The number of sulfonamides is 1. The van der Waals surface area contributed by atoms with Crippen molar-refractivity contribution in [3.8, 4) is 0 Å². The molecule has 20 heavy (non-hydrogen) atoms. The van der Waals surface area contributed by atoms with Gasteiger partial charge in [0.1, 0.15) is 0 Å². The van der Waals surface area contributed by atoms with Gasteiger partial charge < -0.3 is 4.98 Å². The van der Waals surface area contributed by atoms with E-state index in [2.05, 4.69) is 14.7 Å². The molecule has 5 nitrogen and oxygen atoms in total. The molecule has 1 unspecified atom stereocenters. The maximum atomic E-state index is 11.7. The summed E-state index contributed by atoms with van der Waals surface area (Å²) in [6, 6.07) is 5.76. The van der Waals surface area contributed by atoms with E-state index in [1.165, 1.54) is 0 Å². The third kappa shape index (κ3) is 2.43. The molecule has 1 atom stereocenters. The Morgan fingerprint density at radius 2 is 2.35 bits per heavy atom. The van der Waals surface area contributed by atoms with Gasteiger partial charge in [-0.2, -0.15) is 0 Å². The van der Waals surface area contributed by atoms with Crippen LogP contribution in [0.3, 0.4) is 0 Å². The fourth-order valence-corrected chi connectivity index (χ4v) is 4.31. The number of aromatic nitrogens is 2. The molecule has 1 aromatic carbocycles. The molecule has 7 heteroatoms. The first-order chi connectivity index (χ1) is 9.61. The highest BCUT2D eigenvalue weighted by atomic mass is 32.2. The monoisotopic (exact) mass is 309 g/mol. The van der Waals surface area contributed by atoms with E-state index in [0.717, 1.165) is 22.6 Å². The number of H-pyrrole nitrogens is 1. The second-order valence-corrected chi connectivity index (χ2v) is 7.68. The van der Waals surface area contributed by atoms with E-state index < -0.39 is 10.0 Å². The van der Waals surface area contributed by atoms with Gasteiger partial charge in [0, 0.05) is 11.9 Å². The van der Waals surface area contributed by atoms with Crippen LogP contribution in [0.15, 0.2) is 30.7 Å². The van der Waals surface area contributed by atoms with Gasteiger partial charge in [0.2, 0.25) is 10.0 Å². The van der Waals surface area contributed by atoms with E-state index in [1.807, 2.05) is 24.4 Å². The predicted octanol–water partition coefficient (Wildman–Crippen LogP) is 2.51. The molecule has 1 aliphatic rings. The van der Waals surface area contributed by atoms with E-state index >= 15 is 0 Å². The zero-order valence-electron chi connectivity index (χ0n) is 11.0. The van der Waals surface area contributed by atoms with Crippen LogP contribution in [-0.4, -0.2) is 24.1 Å². The lowest BCUT2D eigenvalue weighted by Crippen LogP contribution is -2.15. The van der Waals surface area contributed by atoms with Crippen molar-refractivity contribution in [2.75, 3.05) is 10.5 Å². The number of aromatic amines is 1. The minimum atomic E-state index is -3.24. The zero-order chi connectivity index (χ0) is 14.2. The smallest absolute Gasteiger partial charge is 0.232 e. The molecule has 0 amide bonds. The normalized spacial score (nSPS) is 17.9. The van der Waals surface area contributed by atoms with E-state index in [1.54, 1.807) is 25.0 Å². The molecule has 0 radical (unpaired) electrons. The Labute approximate surface area is 122 Å². The van der Waals surface area contributed by atoms with Crippen molar-refractivity contribution in [2.24, 2.45) is 0 Å². The highest BCUT2D eigenvalue weighted by molar-refractivity contribution is 7.99. The predicted molar refractivity (Wildman–Crippen MR) is 81.3 cm³/mol. The van der Waals surface area contributed by atoms with Crippen molar-refractivity contribution >= 4 is 27.5 Å². The van der Waals surface area contributed by atoms with Crippen molar-refractivity contribution in [1.82, 2.24) is 9.97 Å². The Bertz CT molecular complexity index is 711. The Balaban J connectivity index is 1.98. The Kier molecular flexibility index (Phi) is 3.47. The number of thioether (sulfide) groups is 1. The van der Waals surface area contributed by atoms with Gasteiger partial charge >= 0.3 is 0 Å². The van der Waals surface area contributed by atoms with Gasteiger partial charge in [-0.3, -0.25) is 4.72 Å². The van der Waals surface area contributed by atoms with Crippen molar-refractivity contribution in [2.45, 2.75) is 17.9 Å². The summed E-state index contributed by atoms with van der Waals surface area (Å²) in [5.41, 5.74) is 3.95. The second-order valence-electron chi connectivity index (χ2n) is 4.58. The van der Waals surface area contributed by atoms with E-state index in [9.17, 15) is 8.42 Å². The molecule has 106 valence electrons. The molecule has 1 aromatic heterocycles. The number of imidazole rings is 1. The number of hydrogen-bond acceptors (Lipinski definition) is 4. The van der Waals surface area contributed by atoms with E-state index in [-0.39, 0.29) is 11.0 Å². The molecule has 0 saturated carbocycles. The fourth-order valence-electron chi connectivity index (χ4n) is 2.27. The summed E-state index contributed by atoms with van der Waals surface area (Å²) in [6.07, 6.45) is 3.48. The number of rotatable bonds is 4. The van der Waals surface area contributed by atoms with Crippen LogP contribution in [0.2, 0.25) is 0 Å². The summed E-state index contributed by atoms with van der Waals surface area (Å²) in [5, 5.41) is 0.193. The lowest BCUT2D eigenvalue weighted by atomic mass is 10.0. The van der Waals surface area contributed by atoms with Crippen LogP contribution in [0, 0.1) is 0 Å². The molecule has 2 heterocycles. The van der Waals surface area contributed by atoms with Gasteiger partial charge in [-0.05, 0) is 24.1 Å². The number of anilines is 1. The number of fused-ring (bicyclic) bond motifs is 1. The number of benzene rings is 1. The first kappa shape index (κ1) is 13.5. The molecule has 0 saturated heterocycles. The molecule has 0 spiro atoms. The number of nitrogens with one attached hydrogen (secondary N) is 2. The zero-order valence-corrected chi connectivity index (χ0v) is 12.6. The van der Waals surface area contributed by atoms with Crippen LogP contribution in [0.25, 0.3) is 0 Å². The van der Waals surface area contributed by atoms with Crippen LogP contribution in [0.1, 0.15) is 29.0 Å². The minimum Gasteiger partial charge on any atom is -0.347 e. The van der Waals surface area contributed by atoms with Crippen LogP contribution in [-0.2, 0) is 15.8 Å². The van der Waals surface area contributed by atoms with Crippen LogP contribution in [0.4, 0.5) is 5.69 Å². The molecule has 0 bridgehead atoms.